The smallest absolute Gasteiger partial charge is 0.152 e. The number of piperidine rings is 1. The summed E-state index contributed by atoms with van der Waals surface area (Å²) in [7, 11) is 0. The van der Waals surface area contributed by atoms with Crippen LogP contribution in [0.1, 0.15) is 29.6 Å². The van der Waals surface area contributed by atoms with Gasteiger partial charge in [0.15, 0.2) is 6.29 Å². The van der Waals surface area contributed by atoms with E-state index in [0.717, 1.165) is 43.7 Å². The lowest BCUT2D eigenvalue weighted by atomic mass is 9.78. The highest BCUT2D eigenvalue weighted by molar-refractivity contribution is 6.31. The summed E-state index contributed by atoms with van der Waals surface area (Å²) >= 11 is 6.08. The van der Waals surface area contributed by atoms with Gasteiger partial charge in [0.2, 0.25) is 0 Å². The van der Waals surface area contributed by atoms with Gasteiger partial charge >= 0.3 is 0 Å². The van der Waals surface area contributed by atoms with Gasteiger partial charge in [-0.25, -0.2) is 0 Å². The van der Waals surface area contributed by atoms with Crippen LogP contribution in [0.25, 0.3) is 0 Å². The van der Waals surface area contributed by atoms with Crippen molar-refractivity contribution < 1.29 is 4.79 Å². The lowest BCUT2D eigenvalue weighted by Gasteiger charge is -2.34. The van der Waals surface area contributed by atoms with E-state index < -0.39 is 0 Å². The summed E-state index contributed by atoms with van der Waals surface area (Å²) in [4.78, 5) is 13.5. The molecule has 0 aliphatic carbocycles. The van der Waals surface area contributed by atoms with Gasteiger partial charge in [-0.2, -0.15) is 0 Å². The highest BCUT2D eigenvalue weighted by atomic mass is 35.5. The van der Waals surface area contributed by atoms with E-state index >= 15 is 0 Å². The number of carbonyl (C=O) groups excluding carboxylic acids is 1. The van der Waals surface area contributed by atoms with Crippen LogP contribution in [0.2, 0.25) is 5.02 Å². The topological polar surface area (TPSA) is 32.3 Å². The van der Waals surface area contributed by atoms with Gasteiger partial charge in [-0.1, -0.05) is 11.6 Å². The van der Waals surface area contributed by atoms with Crippen molar-refractivity contribution >= 4 is 23.6 Å². The Labute approximate surface area is 118 Å². The van der Waals surface area contributed by atoms with Gasteiger partial charge < -0.3 is 10.2 Å². The van der Waals surface area contributed by atoms with E-state index in [-0.39, 0.29) is 0 Å². The molecule has 3 nitrogen and oxygen atoms in total. The average Bonchev–Trinajstić information content (AvgIpc) is 2.83. The van der Waals surface area contributed by atoms with Crippen molar-refractivity contribution in [2.45, 2.75) is 19.3 Å². The molecule has 0 atom stereocenters. The molecule has 0 bridgehead atoms. The van der Waals surface area contributed by atoms with E-state index in [0.29, 0.717) is 10.4 Å². The molecule has 19 heavy (non-hydrogen) atoms. The van der Waals surface area contributed by atoms with Crippen molar-refractivity contribution in [1.29, 1.82) is 0 Å². The van der Waals surface area contributed by atoms with Crippen LogP contribution in [0.5, 0.6) is 0 Å². The van der Waals surface area contributed by atoms with Crippen LogP contribution >= 0.6 is 11.6 Å². The molecule has 0 aromatic heterocycles. The fraction of sp³-hybridized carbons (Fsp3) is 0.533. The molecule has 2 saturated heterocycles. The zero-order valence-corrected chi connectivity index (χ0v) is 11.7. The average molecular weight is 279 g/mol. The summed E-state index contributed by atoms with van der Waals surface area (Å²) in [5, 5.41) is 4.13. The zero-order valence-electron chi connectivity index (χ0n) is 11.0. The second-order valence-electron chi connectivity index (χ2n) is 5.74. The van der Waals surface area contributed by atoms with Crippen molar-refractivity contribution in [3.05, 3.63) is 28.8 Å². The maximum absolute atomic E-state index is 11.2. The first-order valence-corrected chi connectivity index (χ1v) is 7.31. The van der Waals surface area contributed by atoms with Gasteiger partial charge in [-0.05, 0) is 56.0 Å². The number of nitrogens with zero attached hydrogens (tertiary/aromatic N) is 1. The van der Waals surface area contributed by atoms with Crippen LogP contribution in [0.4, 0.5) is 5.69 Å². The number of hydrogen-bond donors (Lipinski definition) is 1. The van der Waals surface area contributed by atoms with Gasteiger partial charge in [-0.15, -0.1) is 0 Å². The first-order chi connectivity index (χ1) is 9.22. The van der Waals surface area contributed by atoms with E-state index in [9.17, 15) is 4.79 Å². The minimum atomic E-state index is 0.438. The molecule has 1 N–H and O–H groups in total. The molecule has 0 amide bonds. The Balaban J connectivity index is 1.84. The normalized spacial score (nSPS) is 21.8. The van der Waals surface area contributed by atoms with Crippen LogP contribution in [0, 0.1) is 5.41 Å². The third-order valence-electron chi connectivity index (χ3n) is 4.56. The van der Waals surface area contributed by atoms with Crippen LogP contribution < -0.4 is 10.2 Å². The monoisotopic (exact) mass is 278 g/mol. The summed E-state index contributed by atoms with van der Waals surface area (Å²) < 4.78 is 0. The van der Waals surface area contributed by atoms with E-state index in [1.807, 2.05) is 12.1 Å². The van der Waals surface area contributed by atoms with Gasteiger partial charge in [0.05, 0.1) is 0 Å². The van der Waals surface area contributed by atoms with E-state index in [1.54, 1.807) is 6.07 Å². The fourth-order valence-corrected chi connectivity index (χ4v) is 3.56. The summed E-state index contributed by atoms with van der Waals surface area (Å²) in [6, 6.07) is 5.52. The standard InChI is InChI=1S/C15H19ClN2O/c16-13-2-1-12(10-19)14(9-13)18-8-5-15(11-18)3-6-17-7-4-15/h1-2,9-10,17H,3-8,11H2. The second kappa shape index (κ2) is 5.14. The molecule has 2 fully saturated rings. The minimum Gasteiger partial charge on any atom is -0.370 e. The highest BCUT2D eigenvalue weighted by Crippen LogP contribution is 2.41. The van der Waals surface area contributed by atoms with Gasteiger partial charge in [-0.3, -0.25) is 4.79 Å². The molecule has 2 aliphatic heterocycles. The number of anilines is 1. The lowest BCUT2D eigenvalue weighted by molar-refractivity contribution is 0.112. The molecule has 1 spiro atoms. The lowest BCUT2D eigenvalue weighted by Crippen LogP contribution is -2.38. The molecule has 2 aliphatic rings. The van der Waals surface area contributed by atoms with E-state index in [2.05, 4.69) is 10.2 Å². The summed E-state index contributed by atoms with van der Waals surface area (Å²) in [6.07, 6.45) is 4.62. The molecule has 102 valence electrons. The summed E-state index contributed by atoms with van der Waals surface area (Å²) in [5.41, 5.74) is 2.18. The van der Waals surface area contributed by atoms with Crippen LogP contribution in [0.3, 0.4) is 0 Å². The SMILES string of the molecule is O=Cc1ccc(Cl)cc1N1CCC2(CCNCC2)C1. The van der Waals surface area contributed by atoms with Crippen molar-refractivity contribution in [2.75, 3.05) is 31.1 Å². The first-order valence-electron chi connectivity index (χ1n) is 6.93. The number of benzene rings is 1. The molecule has 0 unspecified atom stereocenters. The van der Waals surface area contributed by atoms with Crippen LogP contribution in [-0.2, 0) is 0 Å². The highest BCUT2D eigenvalue weighted by Gasteiger charge is 2.39. The summed E-state index contributed by atoms with van der Waals surface area (Å²) in [5.74, 6) is 0. The third-order valence-corrected chi connectivity index (χ3v) is 4.80. The molecule has 3 rings (SSSR count). The fourth-order valence-electron chi connectivity index (χ4n) is 3.40. The maximum atomic E-state index is 11.2. The number of halogens is 1. The molecule has 1 aromatic rings. The van der Waals surface area contributed by atoms with Crippen LogP contribution in [0.15, 0.2) is 18.2 Å². The Morgan fingerprint density at radius 3 is 2.79 bits per heavy atom. The largest absolute Gasteiger partial charge is 0.370 e. The van der Waals surface area contributed by atoms with Gasteiger partial charge in [0.1, 0.15) is 0 Å². The number of rotatable bonds is 2. The van der Waals surface area contributed by atoms with Gasteiger partial charge in [0, 0.05) is 29.4 Å². The molecule has 0 saturated carbocycles. The number of carbonyl (C=O) groups is 1. The zero-order chi connectivity index (χ0) is 13.3. The Morgan fingerprint density at radius 1 is 1.26 bits per heavy atom. The molecular formula is C15H19ClN2O. The number of aldehydes is 1. The molecule has 1 aromatic carbocycles. The molecule has 2 heterocycles. The predicted octanol–water partition coefficient (Wildman–Crippen LogP) is 2.73. The van der Waals surface area contributed by atoms with Gasteiger partial charge in [0.25, 0.3) is 0 Å². The third kappa shape index (κ3) is 2.49. The van der Waals surface area contributed by atoms with E-state index in [1.165, 1.54) is 19.3 Å². The molecular weight excluding hydrogens is 260 g/mol. The Bertz CT molecular complexity index is 483. The molecule has 0 radical (unpaired) electrons. The first kappa shape index (κ1) is 12.9. The molecule has 4 heteroatoms. The Kier molecular flexibility index (Phi) is 3.50. The summed E-state index contributed by atoms with van der Waals surface area (Å²) in [6.45, 7) is 4.31. The Morgan fingerprint density at radius 2 is 2.05 bits per heavy atom. The quantitative estimate of drug-likeness (QED) is 0.845. The minimum absolute atomic E-state index is 0.438. The van der Waals surface area contributed by atoms with Crippen molar-refractivity contribution in [3.63, 3.8) is 0 Å². The number of nitrogens with one attached hydrogen (secondary N) is 1. The maximum Gasteiger partial charge on any atom is 0.152 e. The van der Waals surface area contributed by atoms with Crippen molar-refractivity contribution in [2.24, 2.45) is 5.41 Å². The second-order valence-corrected chi connectivity index (χ2v) is 6.18. The predicted molar refractivity (Wildman–Crippen MR) is 78.2 cm³/mol. The van der Waals surface area contributed by atoms with Crippen LogP contribution in [-0.4, -0.2) is 32.5 Å². The van der Waals surface area contributed by atoms with Crippen molar-refractivity contribution in [1.82, 2.24) is 5.32 Å². The van der Waals surface area contributed by atoms with E-state index in [4.69, 9.17) is 11.6 Å². The Hall–Kier alpha value is -1.06. The van der Waals surface area contributed by atoms with Crippen molar-refractivity contribution in [3.8, 4) is 0 Å². The number of hydrogen-bond acceptors (Lipinski definition) is 3.